The van der Waals surface area contributed by atoms with Crippen LogP contribution in [0.1, 0.15) is 31.1 Å². The molecule has 0 amide bonds. The van der Waals surface area contributed by atoms with E-state index in [4.69, 9.17) is 0 Å². The predicted octanol–water partition coefficient (Wildman–Crippen LogP) is 1.71. The molecule has 1 aromatic rings. The number of aldehydes is 1. The summed E-state index contributed by atoms with van der Waals surface area (Å²) in [5.74, 6) is -0.850. The van der Waals surface area contributed by atoms with Crippen LogP contribution in [-0.4, -0.2) is 20.2 Å². The standard InChI is InChI=1S/C11H14FNO3S/c1-11(2,3)13-17(15,16)9-5-4-8(7-14)10(12)6-9/h4-7,13H,1-3H3. The van der Waals surface area contributed by atoms with Crippen LogP contribution in [0.4, 0.5) is 4.39 Å². The third kappa shape index (κ3) is 3.61. The van der Waals surface area contributed by atoms with Crippen molar-refractivity contribution in [2.45, 2.75) is 31.2 Å². The van der Waals surface area contributed by atoms with Crippen molar-refractivity contribution in [1.29, 1.82) is 0 Å². The summed E-state index contributed by atoms with van der Waals surface area (Å²) in [6.07, 6.45) is 0.336. The molecule has 0 unspecified atom stereocenters. The van der Waals surface area contributed by atoms with Gasteiger partial charge in [0.05, 0.1) is 10.5 Å². The fourth-order valence-corrected chi connectivity index (χ4v) is 2.66. The summed E-state index contributed by atoms with van der Waals surface area (Å²) in [7, 11) is -3.77. The maximum absolute atomic E-state index is 13.3. The minimum atomic E-state index is -3.77. The molecule has 0 saturated carbocycles. The maximum Gasteiger partial charge on any atom is 0.241 e. The number of benzene rings is 1. The van der Waals surface area contributed by atoms with Crippen LogP contribution in [0.5, 0.6) is 0 Å². The minimum absolute atomic E-state index is 0.167. The van der Waals surface area contributed by atoms with Gasteiger partial charge in [-0.2, -0.15) is 0 Å². The zero-order chi connectivity index (χ0) is 13.3. The van der Waals surface area contributed by atoms with Gasteiger partial charge in [-0.1, -0.05) is 0 Å². The molecule has 6 heteroatoms. The first-order valence-electron chi connectivity index (χ1n) is 4.94. The van der Waals surface area contributed by atoms with Crippen molar-refractivity contribution in [1.82, 2.24) is 4.72 Å². The summed E-state index contributed by atoms with van der Waals surface area (Å²) in [4.78, 5) is 10.2. The van der Waals surface area contributed by atoms with Gasteiger partial charge in [-0.15, -0.1) is 0 Å². The lowest BCUT2D eigenvalue weighted by Gasteiger charge is -2.20. The van der Waals surface area contributed by atoms with E-state index in [1.54, 1.807) is 20.8 Å². The highest BCUT2D eigenvalue weighted by Crippen LogP contribution is 2.15. The Hall–Kier alpha value is -1.27. The van der Waals surface area contributed by atoms with Crippen molar-refractivity contribution in [3.8, 4) is 0 Å². The van der Waals surface area contributed by atoms with Crippen molar-refractivity contribution in [2.24, 2.45) is 0 Å². The molecule has 0 radical (unpaired) electrons. The number of hydrogen-bond acceptors (Lipinski definition) is 3. The monoisotopic (exact) mass is 259 g/mol. The molecule has 17 heavy (non-hydrogen) atoms. The molecule has 0 bridgehead atoms. The van der Waals surface area contributed by atoms with Crippen molar-refractivity contribution in [3.63, 3.8) is 0 Å². The van der Waals surface area contributed by atoms with E-state index in [2.05, 4.69) is 4.72 Å². The Bertz CT molecular complexity index is 532. The Morgan fingerprint density at radius 1 is 1.29 bits per heavy atom. The van der Waals surface area contributed by atoms with Crippen LogP contribution in [0, 0.1) is 5.82 Å². The number of hydrogen-bond donors (Lipinski definition) is 1. The Labute approximate surface area is 99.9 Å². The molecule has 1 rings (SSSR count). The lowest BCUT2D eigenvalue weighted by Crippen LogP contribution is -2.40. The Morgan fingerprint density at radius 3 is 2.29 bits per heavy atom. The van der Waals surface area contributed by atoms with E-state index < -0.39 is 21.4 Å². The molecule has 0 saturated heterocycles. The molecule has 94 valence electrons. The first kappa shape index (κ1) is 13.8. The van der Waals surface area contributed by atoms with Crippen molar-refractivity contribution >= 4 is 16.3 Å². The summed E-state index contributed by atoms with van der Waals surface area (Å²) in [6, 6.07) is 3.16. The summed E-state index contributed by atoms with van der Waals surface area (Å²) < 4.78 is 39.4. The summed E-state index contributed by atoms with van der Waals surface area (Å²) in [5.41, 5.74) is -0.821. The molecular formula is C11H14FNO3S. The number of rotatable bonds is 3. The molecule has 1 N–H and O–H groups in total. The number of carbonyl (C=O) groups excluding carboxylic acids is 1. The molecule has 4 nitrogen and oxygen atoms in total. The van der Waals surface area contributed by atoms with Crippen molar-refractivity contribution in [3.05, 3.63) is 29.6 Å². The molecule has 0 heterocycles. The second-order valence-electron chi connectivity index (χ2n) is 4.66. The van der Waals surface area contributed by atoms with Gasteiger partial charge in [0.1, 0.15) is 5.82 Å². The minimum Gasteiger partial charge on any atom is -0.298 e. The molecular weight excluding hydrogens is 245 g/mol. The SMILES string of the molecule is CC(C)(C)NS(=O)(=O)c1ccc(C=O)c(F)c1. The summed E-state index contributed by atoms with van der Waals surface area (Å²) in [6.45, 7) is 5.04. The van der Waals surface area contributed by atoms with Crippen LogP contribution < -0.4 is 4.72 Å². The zero-order valence-corrected chi connectivity index (χ0v) is 10.6. The Morgan fingerprint density at radius 2 is 1.88 bits per heavy atom. The van der Waals surface area contributed by atoms with Gasteiger partial charge in [0.25, 0.3) is 0 Å². The molecule has 0 atom stereocenters. The second-order valence-corrected chi connectivity index (χ2v) is 6.34. The zero-order valence-electron chi connectivity index (χ0n) is 9.82. The molecule has 0 fully saturated rings. The molecule has 0 aliphatic rings. The average molecular weight is 259 g/mol. The third-order valence-corrected chi connectivity index (χ3v) is 3.61. The third-order valence-electron chi connectivity index (χ3n) is 1.85. The Kier molecular flexibility index (Phi) is 3.68. The van der Waals surface area contributed by atoms with Crippen LogP contribution in [0.25, 0.3) is 0 Å². The number of carbonyl (C=O) groups is 1. The van der Waals surface area contributed by atoms with Gasteiger partial charge < -0.3 is 0 Å². The van der Waals surface area contributed by atoms with E-state index in [1.165, 1.54) is 6.07 Å². The first-order chi connectivity index (χ1) is 7.65. The van der Waals surface area contributed by atoms with Gasteiger partial charge in [-0.25, -0.2) is 17.5 Å². The van der Waals surface area contributed by atoms with E-state index in [9.17, 15) is 17.6 Å². The maximum atomic E-state index is 13.3. The van der Waals surface area contributed by atoms with Crippen LogP contribution in [0.2, 0.25) is 0 Å². The highest BCUT2D eigenvalue weighted by atomic mass is 32.2. The van der Waals surface area contributed by atoms with E-state index >= 15 is 0 Å². The first-order valence-corrected chi connectivity index (χ1v) is 6.43. The average Bonchev–Trinajstić information content (AvgIpc) is 2.13. The van der Waals surface area contributed by atoms with Gasteiger partial charge in [0.15, 0.2) is 6.29 Å². The lowest BCUT2D eigenvalue weighted by atomic mass is 10.1. The summed E-state index contributed by atoms with van der Waals surface area (Å²) >= 11 is 0. The van der Waals surface area contributed by atoms with E-state index in [0.29, 0.717) is 6.29 Å². The van der Waals surface area contributed by atoms with Gasteiger partial charge in [0.2, 0.25) is 10.0 Å². The van der Waals surface area contributed by atoms with E-state index in [1.807, 2.05) is 0 Å². The van der Waals surface area contributed by atoms with Gasteiger partial charge in [-0.3, -0.25) is 4.79 Å². The van der Waals surface area contributed by atoms with Gasteiger partial charge >= 0.3 is 0 Å². The van der Waals surface area contributed by atoms with Crippen LogP contribution in [-0.2, 0) is 10.0 Å². The number of sulfonamides is 1. The molecule has 1 aromatic carbocycles. The Balaban J connectivity index is 3.17. The largest absolute Gasteiger partial charge is 0.298 e. The summed E-state index contributed by atoms with van der Waals surface area (Å²) in [5, 5.41) is 0. The molecule has 0 aromatic heterocycles. The number of nitrogens with one attached hydrogen (secondary N) is 1. The molecule has 0 aliphatic heterocycles. The highest BCUT2D eigenvalue weighted by Gasteiger charge is 2.22. The smallest absolute Gasteiger partial charge is 0.241 e. The van der Waals surface area contributed by atoms with Crippen LogP contribution in [0.15, 0.2) is 23.1 Å². The molecule has 0 spiro atoms. The normalized spacial score (nSPS) is 12.5. The van der Waals surface area contributed by atoms with E-state index in [-0.39, 0.29) is 10.5 Å². The number of halogens is 1. The topological polar surface area (TPSA) is 63.2 Å². The lowest BCUT2D eigenvalue weighted by molar-refractivity contribution is 0.111. The molecule has 0 aliphatic carbocycles. The van der Waals surface area contributed by atoms with Crippen molar-refractivity contribution < 1.29 is 17.6 Å². The quantitative estimate of drug-likeness (QED) is 0.841. The van der Waals surface area contributed by atoms with Crippen LogP contribution >= 0.6 is 0 Å². The fourth-order valence-electron chi connectivity index (χ4n) is 1.23. The van der Waals surface area contributed by atoms with Gasteiger partial charge in [0, 0.05) is 5.54 Å². The highest BCUT2D eigenvalue weighted by molar-refractivity contribution is 7.89. The van der Waals surface area contributed by atoms with Crippen molar-refractivity contribution in [2.75, 3.05) is 0 Å². The van der Waals surface area contributed by atoms with E-state index in [0.717, 1.165) is 12.1 Å². The fraction of sp³-hybridized carbons (Fsp3) is 0.364. The second kappa shape index (κ2) is 4.54. The van der Waals surface area contributed by atoms with Gasteiger partial charge in [-0.05, 0) is 39.0 Å². The predicted molar refractivity (Wildman–Crippen MR) is 61.9 cm³/mol. The van der Waals surface area contributed by atoms with Crippen LogP contribution in [0.3, 0.4) is 0 Å².